The second-order valence-electron chi connectivity index (χ2n) is 2.44. The van der Waals surface area contributed by atoms with Gasteiger partial charge in [-0.3, -0.25) is 4.79 Å². The Morgan fingerprint density at radius 3 is 2.50 bits per heavy atom. The van der Waals surface area contributed by atoms with Gasteiger partial charge in [-0.2, -0.15) is 21.4 Å². The molecule has 0 radical (unpaired) electrons. The van der Waals surface area contributed by atoms with Crippen LogP contribution in [0.2, 0.25) is 0 Å². The van der Waals surface area contributed by atoms with Crippen LogP contribution in [-0.4, -0.2) is 28.9 Å². The number of hydrogen-bond donors (Lipinski definition) is 3. The number of alkyl halides is 2. The van der Waals surface area contributed by atoms with Crippen LogP contribution in [0.15, 0.2) is 0 Å². The molecule has 0 saturated carbocycles. The van der Waals surface area contributed by atoms with Crippen molar-refractivity contribution in [3.63, 3.8) is 0 Å². The molecular formula is C6H11F2NO2S. The summed E-state index contributed by atoms with van der Waals surface area (Å²) in [5.41, 5.74) is 0. The molecule has 0 saturated heterocycles. The van der Waals surface area contributed by atoms with Crippen molar-refractivity contribution in [1.82, 2.24) is 5.32 Å². The van der Waals surface area contributed by atoms with E-state index in [-0.39, 0.29) is 12.2 Å². The van der Waals surface area contributed by atoms with Gasteiger partial charge in [0.15, 0.2) is 0 Å². The zero-order valence-corrected chi connectivity index (χ0v) is 7.44. The zero-order valence-electron chi connectivity index (χ0n) is 6.55. The molecule has 0 aliphatic heterocycles. The van der Waals surface area contributed by atoms with Crippen molar-refractivity contribution in [2.24, 2.45) is 0 Å². The number of hydrogen-bond acceptors (Lipinski definition) is 3. The molecule has 0 aromatic heterocycles. The van der Waals surface area contributed by atoms with E-state index in [9.17, 15) is 13.6 Å². The number of nitrogens with one attached hydrogen (secondary N) is 1. The first kappa shape index (κ1) is 11.6. The minimum Gasteiger partial charge on any atom is -0.480 e. The van der Waals surface area contributed by atoms with Crippen LogP contribution in [-0.2, 0) is 4.79 Å². The normalized spacial score (nSPS) is 14.3. The third-order valence-electron chi connectivity index (χ3n) is 1.14. The third kappa shape index (κ3) is 5.31. The summed E-state index contributed by atoms with van der Waals surface area (Å²) >= 11 is 3.76. The second-order valence-corrected chi connectivity index (χ2v) is 2.88. The van der Waals surface area contributed by atoms with Crippen molar-refractivity contribution in [2.75, 3.05) is 5.75 Å². The first-order valence-electron chi connectivity index (χ1n) is 3.36. The van der Waals surface area contributed by atoms with Gasteiger partial charge in [0.25, 0.3) is 6.05 Å². The van der Waals surface area contributed by atoms with E-state index in [0.717, 1.165) is 0 Å². The number of thiol groups is 1. The molecule has 0 heterocycles. The summed E-state index contributed by atoms with van der Waals surface area (Å²) in [6.45, 7) is 0.613. The Labute approximate surface area is 74.6 Å². The number of aliphatic carboxylic acids is 1. The van der Waals surface area contributed by atoms with E-state index in [1.54, 1.807) is 5.32 Å². The van der Waals surface area contributed by atoms with Gasteiger partial charge in [0.2, 0.25) is 0 Å². The maximum absolute atomic E-state index is 12.3. The van der Waals surface area contributed by atoms with Gasteiger partial charge in [0, 0.05) is 6.92 Å². The summed E-state index contributed by atoms with van der Waals surface area (Å²) in [4.78, 5) is 10.3. The lowest BCUT2D eigenvalue weighted by atomic mass is 10.2. The van der Waals surface area contributed by atoms with Crippen LogP contribution in [0.5, 0.6) is 0 Å². The van der Waals surface area contributed by atoms with Gasteiger partial charge in [-0.05, 0) is 12.2 Å². The van der Waals surface area contributed by atoms with Crippen LogP contribution in [0, 0.1) is 0 Å². The molecule has 0 aliphatic carbocycles. The fourth-order valence-corrected chi connectivity index (χ4v) is 0.951. The molecule has 0 aromatic carbocycles. The van der Waals surface area contributed by atoms with Gasteiger partial charge >= 0.3 is 5.97 Å². The van der Waals surface area contributed by atoms with Crippen molar-refractivity contribution in [2.45, 2.75) is 25.4 Å². The van der Waals surface area contributed by atoms with Gasteiger partial charge in [-0.15, -0.1) is 0 Å². The van der Waals surface area contributed by atoms with E-state index < -0.39 is 18.1 Å². The maximum Gasteiger partial charge on any atom is 0.320 e. The molecule has 1 unspecified atom stereocenters. The van der Waals surface area contributed by atoms with Crippen LogP contribution in [0.4, 0.5) is 8.78 Å². The van der Waals surface area contributed by atoms with Crippen LogP contribution >= 0.6 is 12.6 Å². The number of halogens is 2. The Morgan fingerprint density at radius 1 is 1.75 bits per heavy atom. The predicted molar refractivity (Wildman–Crippen MR) is 43.7 cm³/mol. The number of carbonyl (C=O) groups is 1. The second kappa shape index (κ2) is 4.61. The summed E-state index contributed by atoms with van der Waals surface area (Å²) in [5, 5.41) is 10.1. The van der Waals surface area contributed by atoms with E-state index >= 15 is 0 Å². The number of rotatable bonds is 5. The largest absolute Gasteiger partial charge is 0.480 e. The maximum atomic E-state index is 12.3. The van der Waals surface area contributed by atoms with Gasteiger partial charge in [0.1, 0.15) is 6.04 Å². The highest BCUT2D eigenvalue weighted by Gasteiger charge is 2.28. The van der Waals surface area contributed by atoms with Crippen LogP contribution < -0.4 is 5.32 Å². The first-order chi connectivity index (χ1) is 5.37. The van der Waals surface area contributed by atoms with Crippen molar-refractivity contribution < 1.29 is 18.7 Å². The minimum atomic E-state index is -3.16. The van der Waals surface area contributed by atoms with E-state index in [2.05, 4.69) is 12.6 Å². The van der Waals surface area contributed by atoms with Crippen molar-refractivity contribution in [3.05, 3.63) is 0 Å². The SMILES string of the molecule is CC(F)(F)NC(CCS)C(=O)O. The lowest BCUT2D eigenvalue weighted by Crippen LogP contribution is -2.46. The first-order valence-corrected chi connectivity index (χ1v) is 3.99. The lowest BCUT2D eigenvalue weighted by Gasteiger charge is -2.18. The fraction of sp³-hybridized carbons (Fsp3) is 0.833. The molecule has 12 heavy (non-hydrogen) atoms. The molecule has 2 N–H and O–H groups in total. The van der Waals surface area contributed by atoms with Crippen LogP contribution in [0.1, 0.15) is 13.3 Å². The summed E-state index contributed by atoms with van der Waals surface area (Å²) in [6.07, 6.45) is 0.0713. The monoisotopic (exact) mass is 199 g/mol. The number of carboxylic acid groups (broad SMARTS) is 1. The molecule has 72 valence electrons. The molecular weight excluding hydrogens is 188 g/mol. The molecule has 1 atom stereocenters. The smallest absolute Gasteiger partial charge is 0.320 e. The predicted octanol–water partition coefficient (Wildman–Crippen LogP) is 0.962. The van der Waals surface area contributed by atoms with Crippen molar-refractivity contribution >= 4 is 18.6 Å². The van der Waals surface area contributed by atoms with E-state index in [0.29, 0.717) is 6.92 Å². The van der Waals surface area contributed by atoms with E-state index in [4.69, 9.17) is 5.11 Å². The highest BCUT2D eigenvalue weighted by molar-refractivity contribution is 7.80. The minimum absolute atomic E-state index is 0.0713. The molecule has 0 aromatic rings. The molecule has 0 amide bonds. The average molecular weight is 199 g/mol. The lowest BCUT2D eigenvalue weighted by molar-refractivity contribution is -0.143. The Bertz CT molecular complexity index is 160. The van der Waals surface area contributed by atoms with E-state index in [1.165, 1.54) is 0 Å². The molecule has 0 aliphatic rings. The Morgan fingerprint density at radius 2 is 2.25 bits per heavy atom. The van der Waals surface area contributed by atoms with Crippen molar-refractivity contribution in [3.8, 4) is 0 Å². The van der Waals surface area contributed by atoms with Gasteiger partial charge < -0.3 is 5.11 Å². The summed E-state index contributed by atoms with van der Waals surface area (Å²) < 4.78 is 24.5. The molecule has 0 bridgehead atoms. The summed E-state index contributed by atoms with van der Waals surface area (Å²) in [7, 11) is 0. The highest BCUT2D eigenvalue weighted by Crippen LogP contribution is 2.09. The molecule has 0 rings (SSSR count). The third-order valence-corrected chi connectivity index (χ3v) is 1.40. The van der Waals surface area contributed by atoms with Crippen molar-refractivity contribution in [1.29, 1.82) is 0 Å². The fourth-order valence-electron chi connectivity index (χ4n) is 0.692. The Balaban J connectivity index is 4.05. The van der Waals surface area contributed by atoms with Gasteiger partial charge in [-0.1, -0.05) is 0 Å². The van der Waals surface area contributed by atoms with Gasteiger partial charge in [-0.25, -0.2) is 5.32 Å². The summed E-state index contributed by atoms with van der Waals surface area (Å²) in [6, 6.07) is -4.39. The summed E-state index contributed by atoms with van der Waals surface area (Å²) in [5.74, 6) is -1.04. The van der Waals surface area contributed by atoms with Crippen LogP contribution in [0.25, 0.3) is 0 Å². The molecule has 3 nitrogen and oxygen atoms in total. The van der Waals surface area contributed by atoms with E-state index in [1.807, 2.05) is 0 Å². The quantitative estimate of drug-likeness (QED) is 0.456. The molecule has 0 spiro atoms. The Hall–Kier alpha value is -0.360. The Kier molecular flexibility index (Phi) is 4.47. The van der Waals surface area contributed by atoms with Crippen LogP contribution in [0.3, 0.4) is 0 Å². The topological polar surface area (TPSA) is 49.3 Å². The standard InChI is InChI=1S/C6H11F2NO2S/c1-6(7,8)9-4(2-3-12)5(10)11/h4,9,12H,2-3H2,1H3,(H,10,11). The molecule has 6 heteroatoms. The highest BCUT2D eigenvalue weighted by atomic mass is 32.1. The molecule has 0 fully saturated rings. The van der Waals surface area contributed by atoms with Gasteiger partial charge in [0.05, 0.1) is 0 Å². The average Bonchev–Trinajstić information content (AvgIpc) is 1.83. The number of carboxylic acids is 1. The zero-order chi connectivity index (χ0) is 9.78.